The summed E-state index contributed by atoms with van der Waals surface area (Å²) in [5, 5.41) is 1.55. The number of ether oxygens (including phenoxy) is 1. The second-order valence-electron chi connectivity index (χ2n) is 5.63. The van der Waals surface area contributed by atoms with E-state index >= 15 is 0 Å². The molecule has 2 aromatic carbocycles. The topological polar surface area (TPSA) is 59.2 Å². The lowest BCUT2D eigenvalue weighted by Gasteiger charge is -2.03. The molecule has 0 spiro atoms. The van der Waals surface area contributed by atoms with Crippen LogP contribution in [-0.4, -0.2) is 23.3 Å². The molecule has 0 saturated carbocycles. The number of aromatic nitrogens is 1. The van der Waals surface area contributed by atoms with Crippen molar-refractivity contribution in [2.45, 2.75) is 0 Å². The number of carbonyl (C=O) groups excluding carboxylic acids is 2. The van der Waals surface area contributed by atoms with Gasteiger partial charge in [0.1, 0.15) is 10.7 Å². The summed E-state index contributed by atoms with van der Waals surface area (Å²) in [4.78, 5) is 27.8. The molecule has 0 saturated heterocycles. The van der Waals surface area contributed by atoms with Gasteiger partial charge in [0, 0.05) is 32.7 Å². The second kappa shape index (κ2) is 6.55. The molecule has 0 amide bonds. The van der Waals surface area contributed by atoms with Crippen LogP contribution in [0.15, 0.2) is 48.7 Å². The first-order chi connectivity index (χ1) is 12.5. The number of halogens is 2. The fourth-order valence-electron chi connectivity index (χ4n) is 2.75. The maximum absolute atomic E-state index is 13.3. The number of carbonyl (C=O) groups is 2. The third-order valence-electron chi connectivity index (χ3n) is 4.00. The lowest BCUT2D eigenvalue weighted by atomic mass is 10.1. The highest BCUT2D eigenvalue weighted by molar-refractivity contribution is 7.21. The van der Waals surface area contributed by atoms with Gasteiger partial charge in [0.15, 0.2) is 6.61 Å². The van der Waals surface area contributed by atoms with Crippen molar-refractivity contribution in [3.63, 3.8) is 0 Å². The number of nitrogens with one attached hydrogen (secondary N) is 1. The average Bonchev–Trinajstić information content (AvgIpc) is 3.21. The summed E-state index contributed by atoms with van der Waals surface area (Å²) in [6.45, 7) is -0.403. The SMILES string of the molecule is O=C(OCC(=O)c1c[nH]c2ccccc12)c1sc2cc(F)ccc2c1Cl. The van der Waals surface area contributed by atoms with Crippen LogP contribution in [0.1, 0.15) is 20.0 Å². The quantitative estimate of drug-likeness (QED) is 0.386. The molecular formula is C19H11ClFNO3S. The number of fused-ring (bicyclic) bond motifs is 2. The van der Waals surface area contributed by atoms with Crippen molar-refractivity contribution >= 4 is 55.7 Å². The van der Waals surface area contributed by atoms with Gasteiger partial charge in [-0.25, -0.2) is 9.18 Å². The molecule has 0 bridgehead atoms. The molecule has 26 heavy (non-hydrogen) atoms. The number of rotatable bonds is 4. The minimum Gasteiger partial charge on any atom is -0.453 e. The van der Waals surface area contributed by atoms with Gasteiger partial charge >= 0.3 is 5.97 Å². The second-order valence-corrected chi connectivity index (χ2v) is 7.06. The van der Waals surface area contributed by atoms with Crippen molar-refractivity contribution in [2.24, 2.45) is 0 Å². The molecule has 0 aliphatic rings. The Morgan fingerprint density at radius 1 is 1.15 bits per heavy atom. The minimum atomic E-state index is -0.704. The van der Waals surface area contributed by atoms with E-state index in [1.807, 2.05) is 24.3 Å². The van der Waals surface area contributed by atoms with Gasteiger partial charge in [-0.05, 0) is 24.3 Å². The third kappa shape index (κ3) is 2.87. The standard InChI is InChI=1S/C19H11ClFNO3S/c20-17-12-6-5-10(21)7-16(12)26-18(17)19(24)25-9-15(23)13-8-22-14-4-2-1-3-11(13)14/h1-8,22H,9H2. The molecule has 2 heterocycles. The summed E-state index contributed by atoms with van der Waals surface area (Å²) in [5.41, 5.74) is 1.29. The van der Waals surface area contributed by atoms with Gasteiger partial charge in [0.25, 0.3) is 0 Å². The first kappa shape index (κ1) is 16.8. The van der Waals surface area contributed by atoms with Gasteiger partial charge in [-0.1, -0.05) is 29.8 Å². The van der Waals surface area contributed by atoms with Gasteiger partial charge in [0.2, 0.25) is 5.78 Å². The molecule has 0 fully saturated rings. The predicted molar refractivity (Wildman–Crippen MR) is 99.7 cm³/mol. The number of esters is 1. The molecule has 4 rings (SSSR count). The Morgan fingerprint density at radius 3 is 2.81 bits per heavy atom. The number of hydrogen-bond donors (Lipinski definition) is 1. The molecule has 1 N–H and O–H groups in total. The molecule has 0 atom stereocenters. The van der Waals surface area contributed by atoms with Crippen LogP contribution in [0.4, 0.5) is 4.39 Å². The monoisotopic (exact) mass is 387 g/mol. The van der Waals surface area contributed by atoms with E-state index in [-0.39, 0.29) is 15.7 Å². The maximum Gasteiger partial charge on any atom is 0.350 e. The van der Waals surface area contributed by atoms with Gasteiger partial charge < -0.3 is 9.72 Å². The Labute approximate surface area is 156 Å². The van der Waals surface area contributed by atoms with E-state index in [4.69, 9.17) is 16.3 Å². The van der Waals surface area contributed by atoms with Crippen molar-refractivity contribution in [2.75, 3.05) is 6.61 Å². The fourth-order valence-corrected chi connectivity index (χ4v) is 4.17. The molecule has 0 aliphatic heterocycles. The summed E-state index contributed by atoms with van der Waals surface area (Å²) in [6.07, 6.45) is 1.59. The van der Waals surface area contributed by atoms with E-state index in [0.29, 0.717) is 15.6 Å². The van der Waals surface area contributed by atoms with Crippen LogP contribution in [0.3, 0.4) is 0 Å². The van der Waals surface area contributed by atoms with E-state index in [0.717, 1.165) is 22.2 Å². The lowest BCUT2D eigenvalue weighted by molar-refractivity contribution is 0.0480. The van der Waals surface area contributed by atoms with Crippen LogP contribution in [-0.2, 0) is 4.74 Å². The van der Waals surface area contributed by atoms with E-state index in [1.54, 1.807) is 6.20 Å². The number of aromatic amines is 1. The molecule has 2 aromatic heterocycles. The molecule has 0 aliphatic carbocycles. The Morgan fingerprint density at radius 2 is 1.96 bits per heavy atom. The smallest absolute Gasteiger partial charge is 0.350 e. The van der Waals surface area contributed by atoms with Crippen molar-refractivity contribution in [3.8, 4) is 0 Å². The van der Waals surface area contributed by atoms with E-state index < -0.39 is 18.4 Å². The predicted octanol–water partition coefficient (Wildman–Crippen LogP) is 5.21. The summed E-state index contributed by atoms with van der Waals surface area (Å²) < 4.78 is 19.0. The summed E-state index contributed by atoms with van der Waals surface area (Å²) in [5.74, 6) is -1.44. The number of para-hydroxylation sites is 1. The zero-order chi connectivity index (χ0) is 18.3. The van der Waals surface area contributed by atoms with E-state index in [9.17, 15) is 14.0 Å². The Balaban J connectivity index is 1.54. The van der Waals surface area contributed by atoms with Crippen molar-refractivity contribution in [1.82, 2.24) is 4.98 Å². The number of H-pyrrole nitrogens is 1. The minimum absolute atomic E-state index is 0.152. The Hall–Kier alpha value is -2.70. The van der Waals surface area contributed by atoms with Gasteiger partial charge in [-0.15, -0.1) is 11.3 Å². The summed E-state index contributed by atoms with van der Waals surface area (Å²) in [6, 6.07) is 11.5. The highest BCUT2D eigenvalue weighted by Gasteiger charge is 2.21. The molecular weight excluding hydrogens is 377 g/mol. The molecule has 0 unspecified atom stereocenters. The normalized spacial score (nSPS) is 11.2. The fraction of sp³-hybridized carbons (Fsp3) is 0.0526. The Bertz CT molecular complexity index is 1160. The highest BCUT2D eigenvalue weighted by atomic mass is 35.5. The average molecular weight is 388 g/mol. The Kier molecular flexibility index (Phi) is 4.22. The van der Waals surface area contributed by atoms with E-state index in [2.05, 4.69) is 4.98 Å². The molecule has 4 aromatic rings. The largest absolute Gasteiger partial charge is 0.453 e. The highest BCUT2D eigenvalue weighted by Crippen LogP contribution is 2.36. The van der Waals surface area contributed by atoms with Crippen LogP contribution >= 0.6 is 22.9 Å². The number of Topliss-reactive ketones (excluding diaryl/α,β-unsaturated/α-hetero) is 1. The molecule has 0 radical (unpaired) electrons. The summed E-state index contributed by atoms with van der Waals surface area (Å²) >= 11 is 7.23. The zero-order valence-corrected chi connectivity index (χ0v) is 14.8. The summed E-state index contributed by atoms with van der Waals surface area (Å²) in [7, 11) is 0. The molecule has 4 nitrogen and oxygen atoms in total. The third-order valence-corrected chi connectivity index (χ3v) is 5.64. The van der Waals surface area contributed by atoms with E-state index in [1.165, 1.54) is 18.2 Å². The van der Waals surface area contributed by atoms with Gasteiger partial charge in [-0.2, -0.15) is 0 Å². The number of thiophene rings is 1. The van der Waals surface area contributed by atoms with Crippen molar-refractivity contribution in [3.05, 3.63) is 69.9 Å². The van der Waals surface area contributed by atoms with Crippen molar-refractivity contribution < 1.29 is 18.7 Å². The van der Waals surface area contributed by atoms with Crippen LogP contribution in [0, 0.1) is 5.82 Å². The first-order valence-corrected chi connectivity index (χ1v) is 8.88. The van der Waals surface area contributed by atoms with Crippen LogP contribution in [0.25, 0.3) is 21.0 Å². The number of benzene rings is 2. The maximum atomic E-state index is 13.3. The lowest BCUT2D eigenvalue weighted by Crippen LogP contribution is -2.13. The van der Waals surface area contributed by atoms with Crippen LogP contribution in [0.5, 0.6) is 0 Å². The van der Waals surface area contributed by atoms with Gasteiger partial charge in [-0.3, -0.25) is 4.79 Å². The van der Waals surface area contributed by atoms with Crippen LogP contribution in [0.2, 0.25) is 5.02 Å². The zero-order valence-electron chi connectivity index (χ0n) is 13.2. The van der Waals surface area contributed by atoms with Crippen molar-refractivity contribution in [1.29, 1.82) is 0 Å². The number of ketones is 1. The van der Waals surface area contributed by atoms with Crippen LogP contribution < -0.4 is 0 Å². The van der Waals surface area contributed by atoms with Gasteiger partial charge in [0.05, 0.1) is 5.02 Å². The molecule has 130 valence electrons. The molecule has 7 heteroatoms. The number of hydrogen-bond acceptors (Lipinski definition) is 4. The first-order valence-electron chi connectivity index (χ1n) is 7.68.